The Balaban J connectivity index is 2.11. The van der Waals surface area contributed by atoms with Crippen LogP contribution >= 0.6 is 0 Å². The number of hydrogen-bond acceptors (Lipinski definition) is 2. The predicted octanol–water partition coefficient (Wildman–Crippen LogP) is 3.51. The van der Waals surface area contributed by atoms with Gasteiger partial charge in [-0.2, -0.15) is 18.3 Å². The smallest absolute Gasteiger partial charge is 0.305 e. The Morgan fingerprint density at radius 1 is 1.24 bits per heavy atom. The molecule has 0 saturated carbocycles. The molecule has 0 saturated heterocycles. The maximum absolute atomic E-state index is 12.7. The van der Waals surface area contributed by atoms with Crippen LogP contribution in [0.5, 0.6) is 0 Å². The van der Waals surface area contributed by atoms with Gasteiger partial charge in [0, 0.05) is 30.9 Å². The molecule has 0 radical (unpaired) electrons. The zero-order valence-electron chi connectivity index (χ0n) is 12.0. The zero-order valence-corrected chi connectivity index (χ0v) is 12.0. The van der Waals surface area contributed by atoms with Crippen molar-refractivity contribution in [2.24, 2.45) is 7.05 Å². The lowest BCUT2D eigenvalue weighted by molar-refractivity contribution is -0.140. The van der Waals surface area contributed by atoms with Gasteiger partial charge in [0.1, 0.15) is 0 Å². The van der Waals surface area contributed by atoms with Crippen molar-refractivity contribution in [1.82, 2.24) is 15.1 Å². The molecule has 1 aromatic heterocycles. The standard InChI is InChI=1S/C15H18F3N3/c1-11-13(10-20-21(11)2)9-19-14(8-15(16,17)18)12-6-4-3-5-7-12/h3-7,10,14,19H,8-9H2,1-2H3. The Bertz CT molecular complexity index is 576. The van der Waals surface area contributed by atoms with E-state index < -0.39 is 18.6 Å². The summed E-state index contributed by atoms with van der Waals surface area (Å²) >= 11 is 0. The van der Waals surface area contributed by atoms with Crippen molar-refractivity contribution in [3.05, 3.63) is 53.3 Å². The maximum Gasteiger partial charge on any atom is 0.390 e. The highest BCUT2D eigenvalue weighted by Gasteiger charge is 2.32. The van der Waals surface area contributed by atoms with Crippen LogP contribution in [0.1, 0.15) is 29.3 Å². The van der Waals surface area contributed by atoms with Crippen molar-refractivity contribution in [3.8, 4) is 0 Å². The van der Waals surface area contributed by atoms with E-state index in [4.69, 9.17) is 0 Å². The number of rotatable bonds is 5. The average Bonchev–Trinajstić information content (AvgIpc) is 2.75. The minimum atomic E-state index is -4.21. The number of alkyl halides is 3. The fraction of sp³-hybridized carbons (Fsp3) is 0.400. The van der Waals surface area contributed by atoms with Gasteiger partial charge < -0.3 is 5.32 Å². The molecular weight excluding hydrogens is 279 g/mol. The second kappa shape index (κ2) is 6.30. The number of benzene rings is 1. The highest BCUT2D eigenvalue weighted by Crippen LogP contribution is 2.29. The van der Waals surface area contributed by atoms with Gasteiger partial charge in [0.2, 0.25) is 0 Å². The summed E-state index contributed by atoms with van der Waals surface area (Å²) in [5.41, 5.74) is 2.48. The summed E-state index contributed by atoms with van der Waals surface area (Å²) in [6.45, 7) is 2.25. The molecule has 1 atom stereocenters. The Kier molecular flexibility index (Phi) is 4.67. The number of aryl methyl sites for hydroxylation is 1. The molecule has 6 heteroatoms. The second-order valence-electron chi connectivity index (χ2n) is 5.04. The quantitative estimate of drug-likeness (QED) is 0.915. The van der Waals surface area contributed by atoms with Crippen molar-refractivity contribution < 1.29 is 13.2 Å². The SMILES string of the molecule is Cc1c(CNC(CC(F)(F)F)c2ccccc2)cnn1C. The third kappa shape index (κ3) is 4.32. The van der Waals surface area contributed by atoms with E-state index in [9.17, 15) is 13.2 Å². The first-order chi connectivity index (χ1) is 9.87. The van der Waals surface area contributed by atoms with E-state index in [1.54, 1.807) is 41.2 Å². The lowest BCUT2D eigenvalue weighted by Gasteiger charge is -2.20. The van der Waals surface area contributed by atoms with Gasteiger partial charge in [0.25, 0.3) is 0 Å². The molecular formula is C15H18F3N3. The first-order valence-corrected chi connectivity index (χ1v) is 6.69. The van der Waals surface area contributed by atoms with Crippen LogP contribution in [0, 0.1) is 6.92 Å². The van der Waals surface area contributed by atoms with Crippen molar-refractivity contribution >= 4 is 0 Å². The lowest BCUT2D eigenvalue weighted by atomic mass is 10.0. The van der Waals surface area contributed by atoms with Gasteiger partial charge in [-0.3, -0.25) is 4.68 Å². The first-order valence-electron chi connectivity index (χ1n) is 6.69. The molecule has 0 aliphatic heterocycles. The molecule has 21 heavy (non-hydrogen) atoms. The van der Waals surface area contributed by atoms with Crippen LogP contribution in [0.15, 0.2) is 36.5 Å². The molecule has 0 spiro atoms. The average molecular weight is 297 g/mol. The van der Waals surface area contributed by atoms with Crippen LogP contribution in [0.2, 0.25) is 0 Å². The Hall–Kier alpha value is -1.82. The van der Waals surface area contributed by atoms with E-state index >= 15 is 0 Å². The Morgan fingerprint density at radius 3 is 2.43 bits per heavy atom. The highest BCUT2D eigenvalue weighted by molar-refractivity contribution is 5.20. The molecule has 0 amide bonds. The maximum atomic E-state index is 12.7. The number of aromatic nitrogens is 2. The molecule has 1 aromatic carbocycles. The molecule has 1 unspecified atom stereocenters. The van der Waals surface area contributed by atoms with Crippen molar-refractivity contribution in [1.29, 1.82) is 0 Å². The van der Waals surface area contributed by atoms with E-state index in [0.717, 1.165) is 11.3 Å². The summed E-state index contributed by atoms with van der Waals surface area (Å²) in [4.78, 5) is 0. The van der Waals surface area contributed by atoms with Gasteiger partial charge in [0.05, 0.1) is 12.6 Å². The number of halogens is 3. The van der Waals surface area contributed by atoms with Gasteiger partial charge in [-0.15, -0.1) is 0 Å². The van der Waals surface area contributed by atoms with Crippen LogP contribution in [0.4, 0.5) is 13.2 Å². The minimum absolute atomic E-state index is 0.356. The normalized spacial score (nSPS) is 13.4. The van der Waals surface area contributed by atoms with Gasteiger partial charge in [-0.05, 0) is 12.5 Å². The topological polar surface area (TPSA) is 29.9 Å². The van der Waals surface area contributed by atoms with Crippen LogP contribution in [-0.2, 0) is 13.6 Å². The fourth-order valence-electron chi connectivity index (χ4n) is 2.18. The summed E-state index contributed by atoms with van der Waals surface area (Å²) in [6, 6.07) is 7.94. The van der Waals surface area contributed by atoms with Gasteiger partial charge in [-0.25, -0.2) is 0 Å². The summed E-state index contributed by atoms with van der Waals surface area (Å²) in [6.07, 6.45) is -3.42. The summed E-state index contributed by atoms with van der Waals surface area (Å²) < 4.78 is 39.9. The van der Waals surface area contributed by atoms with Gasteiger partial charge in [-0.1, -0.05) is 30.3 Å². The molecule has 2 aromatic rings. The van der Waals surface area contributed by atoms with Crippen LogP contribution in [0.25, 0.3) is 0 Å². The van der Waals surface area contributed by atoms with E-state index in [1.807, 2.05) is 14.0 Å². The molecule has 2 rings (SSSR count). The molecule has 114 valence electrons. The predicted molar refractivity (Wildman–Crippen MR) is 74.6 cm³/mol. The van der Waals surface area contributed by atoms with Gasteiger partial charge >= 0.3 is 6.18 Å². The number of hydrogen-bond donors (Lipinski definition) is 1. The third-order valence-corrected chi connectivity index (χ3v) is 3.51. The second-order valence-corrected chi connectivity index (χ2v) is 5.04. The van der Waals surface area contributed by atoms with Crippen LogP contribution in [-0.4, -0.2) is 16.0 Å². The summed E-state index contributed by atoms with van der Waals surface area (Å²) in [5, 5.41) is 7.09. The Labute approximate surface area is 121 Å². The van der Waals surface area contributed by atoms with E-state index in [2.05, 4.69) is 10.4 Å². The number of nitrogens with zero attached hydrogens (tertiary/aromatic N) is 2. The van der Waals surface area contributed by atoms with Crippen LogP contribution in [0.3, 0.4) is 0 Å². The van der Waals surface area contributed by atoms with E-state index in [1.165, 1.54) is 0 Å². The highest BCUT2D eigenvalue weighted by atomic mass is 19.4. The molecule has 3 nitrogen and oxygen atoms in total. The number of nitrogens with one attached hydrogen (secondary N) is 1. The first kappa shape index (κ1) is 15.6. The molecule has 0 aliphatic rings. The van der Waals surface area contributed by atoms with Gasteiger partial charge in [0.15, 0.2) is 0 Å². The zero-order chi connectivity index (χ0) is 15.5. The van der Waals surface area contributed by atoms with E-state index in [0.29, 0.717) is 12.1 Å². The molecule has 0 bridgehead atoms. The Morgan fingerprint density at radius 2 is 1.90 bits per heavy atom. The molecule has 1 N–H and O–H groups in total. The van der Waals surface area contributed by atoms with Crippen LogP contribution < -0.4 is 5.32 Å². The van der Waals surface area contributed by atoms with Crippen molar-refractivity contribution in [2.45, 2.75) is 32.1 Å². The van der Waals surface area contributed by atoms with E-state index in [-0.39, 0.29) is 0 Å². The molecule has 0 fully saturated rings. The summed E-state index contributed by atoms with van der Waals surface area (Å²) in [7, 11) is 1.81. The largest absolute Gasteiger partial charge is 0.390 e. The minimum Gasteiger partial charge on any atom is -0.305 e. The van der Waals surface area contributed by atoms with Crippen molar-refractivity contribution in [3.63, 3.8) is 0 Å². The monoisotopic (exact) mass is 297 g/mol. The fourth-order valence-corrected chi connectivity index (χ4v) is 2.18. The lowest BCUT2D eigenvalue weighted by Crippen LogP contribution is -2.26. The molecule has 1 heterocycles. The van der Waals surface area contributed by atoms with Crippen molar-refractivity contribution in [2.75, 3.05) is 0 Å². The molecule has 0 aliphatic carbocycles. The summed E-state index contributed by atoms with van der Waals surface area (Å²) in [5.74, 6) is 0. The third-order valence-electron chi connectivity index (χ3n) is 3.51.